The lowest BCUT2D eigenvalue weighted by Crippen LogP contribution is -2.57. The third-order valence-electron chi connectivity index (χ3n) is 10.5. The number of carbonyl (C=O) groups excluding carboxylic acids is 1. The molecule has 1 N–H and O–H groups in total. The zero-order valence-electron chi connectivity index (χ0n) is 26.1. The molecule has 0 spiro atoms. The van der Waals surface area contributed by atoms with Crippen LogP contribution in [-0.4, -0.2) is 76.4 Å². The summed E-state index contributed by atoms with van der Waals surface area (Å²) in [6.07, 6.45) is 7.70. The molecule has 5 aliphatic heterocycles. The van der Waals surface area contributed by atoms with Crippen molar-refractivity contribution in [2.45, 2.75) is 69.4 Å². The first kappa shape index (κ1) is 29.3. The van der Waals surface area contributed by atoms with E-state index in [-0.39, 0.29) is 29.4 Å². The number of halogens is 2. The van der Waals surface area contributed by atoms with Gasteiger partial charge in [0.2, 0.25) is 0 Å². The average molecular weight is 629 g/mol. The van der Waals surface area contributed by atoms with Crippen LogP contribution in [0.25, 0.3) is 32.9 Å². The summed E-state index contributed by atoms with van der Waals surface area (Å²) >= 11 is 0. The second-order valence-electron chi connectivity index (χ2n) is 13.6. The van der Waals surface area contributed by atoms with Crippen LogP contribution >= 0.6 is 0 Å². The molecule has 240 valence electrons. The summed E-state index contributed by atoms with van der Waals surface area (Å²) in [6.45, 7) is 5.75. The summed E-state index contributed by atoms with van der Waals surface area (Å²) in [5, 5.41) is 4.87. The highest BCUT2D eigenvalue weighted by atomic mass is 19.1. The lowest BCUT2D eigenvalue weighted by molar-refractivity contribution is 0.107. The van der Waals surface area contributed by atoms with Gasteiger partial charge in [0.25, 0.3) is 0 Å². The minimum absolute atomic E-state index is 0.0376. The number of hydrogen-bond acceptors (Lipinski definition) is 8. The molecule has 1 atom stereocenters. The van der Waals surface area contributed by atoms with Crippen LogP contribution in [0.1, 0.15) is 57.4 Å². The first-order chi connectivity index (χ1) is 22.3. The summed E-state index contributed by atoms with van der Waals surface area (Å²) in [5.41, 5.74) is 0.461. The van der Waals surface area contributed by atoms with Crippen molar-refractivity contribution in [2.75, 3.05) is 44.3 Å². The SMILES string of the molecule is CC12CCCN(C1)c1nc(OCC34CCCN3CCC4)nc3c(F)c(ncc13)-c1cccc3ccc(F)c(c13)CCCOC(=O)N2. The molecular formula is C35H38F2N6O3. The monoisotopic (exact) mass is 628 g/mol. The van der Waals surface area contributed by atoms with Gasteiger partial charge in [-0.25, -0.2) is 13.6 Å². The molecular weight excluding hydrogens is 590 g/mol. The maximum atomic E-state index is 16.9. The molecule has 0 saturated carbocycles. The number of hydrogen-bond donors (Lipinski definition) is 1. The Morgan fingerprint density at radius 2 is 1.85 bits per heavy atom. The molecule has 4 aromatic rings. The molecule has 3 saturated heterocycles. The van der Waals surface area contributed by atoms with Crippen molar-refractivity contribution >= 4 is 33.6 Å². The molecule has 3 fully saturated rings. The minimum atomic E-state index is -0.616. The first-order valence-electron chi connectivity index (χ1n) is 16.5. The third kappa shape index (κ3) is 4.99. The fourth-order valence-corrected chi connectivity index (χ4v) is 8.26. The number of alkyl carbamates (subject to hydrolysis) is 1. The number of nitrogens with one attached hydrogen (secondary N) is 1. The van der Waals surface area contributed by atoms with Crippen molar-refractivity contribution in [2.24, 2.45) is 0 Å². The second kappa shape index (κ2) is 11.3. The van der Waals surface area contributed by atoms with Gasteiger partial charge < -0.3 is 19.7 Å². The predicted octanol–water partition coefficient (Wildman–Crippen LogP) is 6.16. The van der Waals surface area contributed by atoms with Gasteiger partial charge in [-0.1, -0.05) is 24.3 Å². The lowest BCUT2D eigenvalue weighted by Gasteiger charge is -2.41. The number of aryl methyl sites for hydroxylation is 1. The van der Waals surface area contributed by atoms with Gasteiger partial charge in [-0.3, -0.25) is 9.88 Å². The Labute approximate surface area is 266 Å². The predicted molar refractivity (Wildman–Crippen MR) is 171 cm³/mol. The smallest absolute Gasteiger partial charge is 0.407 e. The van der Waals surface area contributed by atoms with E-state index in [1.807, 2.05) is 19.1 Å². The number of nitrogens with zero attached hydrogens (tertiary/aromatic N) is 5. The van der Waals surface area contributed by atoms with Gasteiger partial charge in [-0.15, -0.1) is 0 Å². The molecule has 46 heavy (non-hydrogen) atoms. The number of ether oxygens (including phenoxy) is 2. The van der Waals surface area contributed by atoms with Gasteiger partial charge in [0.1, 0.15) is 29.5 Å². The van der Waals surface area contributed by atoms with E-state index < -0.39 is 23.3 Å². The highest BCUT2D eigenvalue weighted by Gasteiger charge is 2.45. The highest BCUT2D eigenvalue weighted by Crippen LogP contribution is 2.41. The fourth-order valence-electron chi connectivity index (χ4n) is 8.26. The van der Waals surface area contributed by atoms with E-state index in [0.717, 1.165) is 57.0 Å². The van der Waals surface area contributed by atoms with E-state index in [1.165, 1.54) is 6.07 Å². The van der Waals surface area contributed by atoms with Crippen LogP contribution in [0, 0.1) is 11.6 Å². The van der Waals surface area contributed by atoms with Crippen LogP contribution in [0.15, 0.2) is 36.5 Å². The zero-order valence-corrected chi connectivity index (χ0v) is 26.1. The minimum Gasteiger partial charge on any atom is -0.461 e. The van der Waals surface area contributed by atoms with E-state index in [2.05, 4.69) is 25.1 Å². The number of benzene rings is 2. The Morgan fingerprint density at radius 1 is 1.02 bits per heavy atom. The van der Waals surface area contributed by atoms with E-state index in [0.29, 0.717) is 60.3 Å². The number of fused-ring (bicyclic) bond motifs is 7. The van der Waals surface area contributed by atoms with Crippen LogP contribution < -0.4 is 15.0 Å². The quantitative estimate of drug-likeness (QED) is 0.289. The molecule has 9 rings (SSSR count). The highest BCUT2D eigenvalue weighted by molar-refractivity contribution is 6.01. The van der Waals surface area contributed by atoms with E-state index in [4.69, 9.17) is 14.5 Å². The second-order valence-corrected chi connectivity index (χ2v) is 13.6. The Bertz CT molecular complexity index is 1840. The molecule has 1 unspecified atom stereocenters. The molecule has 1 amide bonds. The molecule has 9 nitrogen and oxygen atoms in total. The molecule has 11 heteroatoms. The van der Waals surface area contributed by atoms with Crippen LogP contribution in [0.2, 0.25) is 0 Å². The van der Waals surface area contributed by atoms with E-state index in [9.17, 15) is 4.79 Å². The fraction of sp³-hybridized carbons (Fsp3) is 0.486. The third-order valence-corrected chi connectivity index (χ3v) is 10.5. The Morgan fingerprint density at radius 3 is 2.70 bits per heavy atom. The Hall–Kier alpha value is -4.12. The number of piperidine rings is 1. The largest absolute Gasteiger partial charge is 0.461 e. The van der Waals surface area contributed by atoms with Crippen molar-refractivity contribution in [3.63, 3.8) is 0 Å². The Kier molecular flexibility index (Phi) is 7.19. The van der Waals surface area contributed by atoms with Crippen LogP contribution in [0.3, 0.4) is 0 Å². The standard InChI is InChI=1S/C35H38F2N6O3/c1-34-12-4-15-42(20-34)31-25-19-38-29(28(37)30(25)39-32(40-31)46-21-35-13-5-16-43(35)17-6-14-35)24-8-2-7-22-10-11-26(36)23(27(22)24)9-3-18-45-33(44)41-34/h2,7-8,10-11,19H,3-6,9,12-18,20-21H2,1H3,(H,41,44). The zero-order chi connectivity index (χ0) is 31.5. The molecule has 0 aliphatic carbocycles. The van der Waals surface area contributed by atoms with Crippen molar-refractivity contribution < 1.29 is 23.0 Å². The average Bonchev–Trinajstić information content (AvgIpc) is 3.63. The Balaban J connectivity index is 1.31. The number of anilines is 1. The molecule has 7 heterocycles. The summed E-state index contributed by atoms with van der Waals surface area (Å²) in [4.78, 5) is 31.7. The van der Waals surface area contributed by atoms with Gasteiger partial charge in [0.15, 0.2) is 5.82 Å². The number of amides is 1. The van der Waals surface area contributed by atoms with Crippen molar-refractivity contribution in [3.8, 4) is 17.3 Å². The maximum absolute atomic E-state index is 16.9. The number of rotatable bonds is 3. The van der Waals surface area contributed by atoms with Gasteiger partial charge in [0, 0.05) is 24.8 Å². The maximum Gasteiger partial charge on any atom is 0.407 e. The van der Waals surface area contributed by atoms with Gasteiger partial charge in [-0.05, 0) is 93.8 Å². The molecule has 2 aromatic heterocycles. The molecule has 0 radical (unpaired) electrons. The summed E-state index contributed by atoms with van der Waals surface area (Å²) in [5.74, 6) is -0.485. The number of carbonyl (C=O) groups is 1. The van der Waals surface area contributed by atoms with Gasteiger partial charge in [0.05, 0.1) is 23.1 Å². The first-order valence-corrected chi connectivity index (χ1v) is 16.5. The molecule has 5 aliphatic rings. The topological polar surface area (TPSA) is 92.7 Å². The number of pyridine rings is 1. The van der Waals surface area contributed by atoms with E-state index in [1.54, 1.807) is 18.3 Å². The molecule has 6 bridgehead atoms. The van der Waals surface area contributed by atoms with Crippen LogP contribution in [-0.2, 0) is 11.2 Å². The van der Waals surface area contributed by atoms with Crippen molar-refractivity contribution in [1.29, 1.82) is 0 Å². The van der Waals surface area contributed by atoms with Gasteiger partial charge in [-0.2, -0.15) is 9.97 Å². The lowest BCUT2D eigenvalue weighted by atomic mass is 9.91. The molecule has 2 aromatic carbocycles. The normalized spacial score (nSPS) is 23.0. The van der Waals surface area contributed by atoms with Crippen molar-refractivity contribution in [3.05, 3.63) is 53.7 Å². The number of aromatic nitrogens is 3. The summed E-state index contributed by atoms with van der Waals surface area (Å²) < 4.78 is 44.3. The van der Waals surface area contributed by atoms with E-state index >= 15 is 8.78 Å². The van der Waals surface area contributed by atoms with Crippen LogP contribution in [0.5, 0.6) is 6.01 Å². The summed E-state index contributed by atoms with van der Waals surface area (Å²) in [6, 6.07) is 8.71. The summed E-state index contributed by atoms with van der Waals surface area (Å²) in [7, 11) is 0. The van der Waals surface area contributed by atoms with Crippen LogP contribution in [0.4, 0.5) is 19.4 Å². The van der Waals surface area contributed by atoms with Gasteiger partial charge >= 0.3 is 12.1 Å². The van der Waals surface area contributed by atoms with Crippen molar-refractivity contribution in [1.82, 2.24) is 25.2 Å².